The highest BCUT2D eigenvalue weighted by Crippen LogP contribution is 2.22. The van der Waals surface area contributed by atoms with Gasteiger partial charge in [-0.15, -0.1) is 0 Å². The number of likely N-dealkylation sites (tertiary alicyclic amines) is 1. The van der Waals surface area contributed by atoms with Crippen LogP contribution in [0.15, 0.2) is 67.1 Å². The van der Waals surface area contributed by atoms with Crippen LogP contribution in [0.3, 0.4) is 0 Å². The second kappa shape index (κ2) is 31.5. The first kappa shape index (κ1) is 66.1. The minimum absolute atomic E-state index is 0.0596. The molecule has 448 valence electrons. The smallest absolute Gasteiger partial charge is 0.326 e. The first-order chi connectivity index (χ1) is 38.7. The number of aromatic nitrogens is 2. The number of carbonyl (C=O) groups excluding carboxylic acids is 10. The number of aliphatic hydroxyl groups excluding tert-OH is 1. The average molecular weight is 1150 g/mol. The molecule has 0 saturated carbocycles. The molecule has 11 atom stereocenters. The second-order valence-electron chi connectivity index (χ2n) is 21.1. The summed E-state index contributed by atoms with van der Waals surface area (Å²) >= 11 is 0. The number of primary amides is 1. The lowest BCUT2D eigenvalue weighted by molar-refractivity contribution is -0.144. The van der Waals surface area contributed by atoms with Crippen molar-refractivity contribution in [3.8, 4) is 5.75 Å². The van der Waals surface area contributed by atoms with Crippen LogP contribution in [-0.2, 0) is 72.0 Å². The van der Waals surface area contributed by atoms with Crippen LogP contribution in [-0.4, -0.2) is 169 Å². The number of nitrogens with two attached hydrogens (primary N) is 2. The molecule has 1 aromatic heterocycles. The molecule has 1 fully saturated rings. The number of carbonyl (C=O) groups is 11. The number of benzene rings is 2. The number of amides is 10. The van der Waals surface area contributed by atoms with E-state index in [0.717, 1.165) is 0 Å². The Morgan fingerprint density at radius 3 is 1.76 bits per heavy atom. The number of carboxylic acids is 1. The summed E-state index contributed by atoms with van der Waals surface area (Å²) in [6, 6.07) is 0.913. The number of hydrogen-bond acceptors (Lipinski definition) is 15. The average Bonchev–Trinajstić information content (AvgIpc) is 4.33. The van der Waals surface area contributed by atoms with Gasteiger partial charge in [-0.25, -0.2) is 9.78 Å². The van der Waals surface area contributed by atoms with Gasteiger partial charge in [-0.05, 0) is 60.8 Å². The topological polar surface area (TPSA) is 429 Å². The molecule has 3 aromatic rings. The zero-order valence-electron chi connectivity index (χ0n) is 47.1. The van der Waals surface area contributed by atoms with Gasteiger partial charge in [-0.1, -0.05) is 90.4 Å². The molecular formula is C55H79N13O14. The van der Waals surface area contributed by atoms with Crippen molar-refractivity contribution in [3.63, 3.8) is 0 Å². The number of H-pyrrole nitrogens is 1. The van der Waals surface area contributed by atoms with E-state index in [0.29, 0.717) is 29.7 Å². The number of aromatic amines is 1. The molecular weight excluding hydrogens is 1070 g/mol. The van der Waals surface area contributed by atoms with Crippen LogP contribution in [0.2, 0.25) is 0 Å². The van der Waals surface area contributed by atoms with Crippen LogP contribution in [0.25, 0.3) is 0 Å². The molecule has 0 spiro atoms. The largest absolute Gasteiger partial charge is 0.508 e. The van der Waals surface area contributed by atoms with E-state index in [2.05, 4.69) is 52.5 Å². The number of carboxylic acid groups (broad SMARTS) is 1. The minimum atomic E-state index is -1.61. The number of imidazole rings is 1. The Morgan fingerprint density at radius 2 is 1.18 bits per heavy atom. The van der Waals surface area contributed by atoms with E-state index in [-0.39, 0.29) is 38.0 Å². The second-order valence-corrected chi connectivity index (χ2v) is 21.1. The lowest BCUT2D eigenvalue weighted by Gasteiger charge is -2.32. The zero-order valence-corrected chi connectivity index (χ0v) is 47.1. The number of nitrogens with zero attached hydrogens (tertiary/aromatic N) is 2. The maximum atomic E-state index is 14.9. The number of aliphatic hydroxyl groups is 1. The Morgan fingerprint density at radius 1 is 0.646 bits per heavy atom. The molecule has 2 heterocycles. The van der Waals surface area contributed by atoms with Crippen LogP contribution >= 0.6 is 0 Å². The van der Waals surface area contributed by atoms with E-state index >= 15 is 0 Å². The van der Waals surface area contributed by atoms with Crippen molar-refractivity contribution in [3.05, 3.63) is 83.9 Å². The lowest BCUT2D eigenvalue weighted by Crippen LogP contribution is -2.61. The Hall–Kier alpha value is -8.46. The van der Waals surface area contributed by atoms with E-state index in [4.69, 9.17) is 11.5 Å². The van der Waals surface area contributed by atoms with Gasteiger partial charge in [0.2, 0.25) is 59.1 Å². The van der Waals surface area contributed by atoms with Crippen molar-refractivity contribution < 1.29 is 68.1 Å². The Balaban J connectivity index is 1.58. The standard InChI is InChI=1S/C55H79N13O14/c1-8-30(6)45(53(79)63-39(24-42(57)71)50(76)66-44(29(4)5)55(81)82)67-51(77)41-15-12-20-68(41)54(80)40(22-32-13-10-9-11-14-32)64-49(75)38(23-34-25-58-27-59-34)61-46(72)31(7)60-48(74)37(21-33-16-18-35(70)19-17-33)62-52(78)43(28(2)3)65-47(73)36(56)26-69/h9-11,13-14,16-19,25,27-31,36-41,43-45,69-70H,8,12,15,20-24,26,56H2,1-7H3,(H2,57,71)(H,58,59)(H,60,74)(H,61,72)(H,62,78)(H,63,79)(H,64,75)(H,65,73)(H,66,76)(H,67,77)(H,81,82)/t30-,31-,36-,37-,38-,39-,40-,41-,43-,44-,45-/m0/s1. The van der Waals surface area contributed by atoms with E-state index < -0.39 is 156 Å². The summed E-state index contributed by atoms with van der Waals surface area (Å²) in [5, 5.41) is 49.6. The number of hydrogen-bond donors (Lipinski definition) is 14. The third-order valence-electron chi connectivity index (χ3n) is 14.0. The van der Waals surface area contributed by atoms with Gasteiger partial charge in [-0.3, -0.25) is 47.9 Å². The van der Waals surface area contributed by atoms with Gasteiger partial charge in [0.05, 0.1) is 19.4 Å². The fourth-order valence-corrected chi connectivity index (χ4v) is 8.93. The number of aromatic hydroxyl groups is 1. The molecule has 10 amide bonds. The molecule has 1 aliphatic rings. The maximum Gasteiger partial charge on any atom is 0.326 e. The van der Waals surface area contributed by atoms with Gasteiger partial charge in [0.15, 0.2) is 0 Å². The van der Waals surface area contributed by atoms with Gasteiger partial charge >= 0.3 is 5.97 Å². The molecule has 27 heteroatoms. The van der Waals surface area contributed by atoms with Gasteiger partial charge in [-0.2, -0.15) is 0 Å². The molecule has 0 radical (unpaired) electrons. The number of rotatable bonds is 31. The van der Waals surface area contributed by atoms with E-state index in [1.165, 1.54) is 48.6 Å². The van der Waals surface area contributed by atoms with Crippen molar-refractivity contribution in [1.82, 2.24) is 57.4 Å². The minimum Gasteiger partial charge on any atom is -0.508 e. The zero-order chi connectivity index (χ0) is 61.0. The molecule has 1 saturated heterocycles. The van der Waals surface area contributed by atoms with Crippen molar-refractivity contribution in [2.24, 2.45) is 29.2 Å². The SMILES string of the molecule is CC[C@H](C)[C@H](NC(=O)[C@@H]1CCCN1C(=O)[C@H](Cc1ccccc1)NC(=O)[C@H](Cc1cnc[nH]1)NC(=O)[C@H](C)NC(=O)[C@H](Cc1ccc(O)cc1)NC(=O)[C@@H](NC(=O)[C@@H](N)CO)C(C)C)C(=O)N[C@@H](CC(N)=O)C(=O)N[C@H](C(=O)O)C(C)C. The van der Waals surface area contributed by atoms with Gasteiger partial charge in [0.25, 0.3) is 0 Å². The van der Waals surface area contributed by atoms with Crippen molar-refractivity contribution in [2.45, 2.75) is 154 Å². The number of phenols is 1. The van der Waals surface area contributed by atoms with Crippen LogP contribution in [0.4, 0.5) is 0 Å². The van der Waals surface area contributed by atoms with E-state index in [1.54, 1.807) is 71.9 Å². The summed E-state index contributed by atoms with van der Waals surface area (Å²) in [7, 11) is 0. The fraction of sp³-hybridized carbons (Fsp3) is 0.527. The van der Waals surface area contributed by atoms with Crippen LogP contribution < -0.4 is 54.0 Å². The molecule has 2 aromatic carbocycles. The molecule has 16 N–H and O–H groups in total. The van der Waals surface area contributed by atoms with Crippen LogP contribution in [0.5, 0.6) is 5.75 Å². The van der Waals surface area contributed by atoms with Crippen LogP contribution in [0, 0.1) is 17.8 Å². The predicted molar refractivity (Wildman–Crippen MR) is 296 cm³/mol. The normalized spacial score (nSPS) is 16.8. The summed E-state index contributed by atoms with van der Waals surface area (Å²) in [5.41, 5.74) is 12.6. The molecule has 0 aliphatic carbocycles. The van der Waals surface area contributed by atoms with Crippen molar-refractivity contribution in [2.75, 3.05) is 13.2 Å². The third-order valence-corrected chi connectivity index (χ3v) is 14.0. The quantitative estimate of drug-likeness (QED) is 0.0321. The molecule has 82 heavy (non-hydrogen) atoms. The summed E-state index contributed by atoms with van der Waals surface area (Å²) < 4.78 is 0. The third kappa shape index (κ3) is 19.7. The van der Waals surface area contributed by atoms with E-state index in [1.807, 2.05) is 0 Å². The van der Waals surface area contributed by atoms with Crippen molar-refractivity contribution >= 4 is 65.0 Å². The molecule has 4 rings (SSSR count). The Kier molecular flexibility index (Phi) is 25.4. The summed E-state index contributed by atoms with van der Waals surface area (Å²) in [4.78, 5) is 158. The first-order valence-corrected chi connectivity index (χ1v) is 27.1. The summed E-state index contributed by atoms with van der Waals surface area (Å²) in [6.07, 6.45) is 2.47. The highest BCUT2D eigenvalue weighted by atomic mass is 16.4. The van der Waals surface area contributed by atoms with E-state index in [9.17, 15) is 68.1 Å². The van der Waals surface area contributed by atoms with Crippen molar-refractivity contribution in [1.29, 1.82) is 0 Å². The lowest BCUT2D eigenvalue weighted by atomic mass is 9.96. The number of phenolic OH excluding ortho intramolecular Hbond substituents is 1. The predicted octanol–water partition coefficient (Wildman–Crippen LogP) is -2.33. The highest BCUT2D eigenvalue weighted by molar-refractivity contribution is 5.99. The van der Waals surface area contributed by atoms with Gasteiger partial charge < -0.3 is 79.2 Å². The molecule has 0 unspecified atom stereocenters. The number of nitrogens with one attached hydrogen (secondary N) is 9. The summed E-state index contributed by atoms with van der Waals surface area (Å²) in [6.45, 7) is 10.5. The fourth-order valence-electron chi connectivity index (χ4n) is 8.93. The highest BCUT2D eigenvalue weighted by Gasteiger charge is 2.42. The van der Waals surface area contributed by atoms with Gasteiger partial charge in [0, 0.05) is 37.7 Å². The van der Waals surface area contributed by atoms with Crippen LogP contribution in [0.1, 0.15) is 91.0 Å². The molecule has 27 nitrogen and oxygen atoms in total. The molecule has 0 bridgehead atoms. The molecule has 1 aliphatic heterocycles. The Labute approximate surface area is 475 Å². The maximum absolute atomic E-state index is 14.9. The Bertz CT molecular complexity index is 2690. The van der Waals surface area contributed by atoms with Gasteiger partial charge in [0.1, 0.15) is 66.2 Å². The summed E-state index contributed by atoms with van der Waals surface area (Å²) in [5.74, 6) is -11.5. The number of aliphatic carboxylic acids is 1. The monoisotopic (exact) mass is 1150 g/mol. The first-order valence-electron chi connectivity index (χ1n) is 27.1.